The van der Waals surface area contributed by atoms with Crippen LogP contribution in [0.25, 0.3) is 0 Å². The Bertz CT molecular complexity index is 566. The molecule has 0 fully saturated rings. The van der Waals surface area contributed by atoms with Crippen molar-refractivity contribution in [3.63, 3.8) is 0 Å². The minimum atomic E-state index is -0.165. The second-order valence-corrected chi connectivity index (χ2v) is 3.74. The summed E-state index contributed by atoms with van der Waals surface area (Å²) >= 11 is 5.95. The van der Waals surface area contributed by atoms with Crippen molar-refractivity contribution in [2.24, 2.45) is 12.8 Å². The molecule has 0 saturated heterocycles. The van der Waals surface area contributed by atoms with Gasteiger partial charge < -0.3 is 10.5 Å². The number of hydrogen-bond donors (Lipinski definition) is 2. The number of aryl methyl sites for hydroxylation is 1. The largest absolute Gasteiger partial charge is 0.422 e. The lowest BCUT2D eigenvalue weighted by molar-refractivity contribution is 0.438. The first-order valence-corrected chi connectivity index (χ1v) is 5.12. The summed E-state index contributed by atoms with van der Waals surface area (Å²) in [7, 11) is 1.73. The topological polar surface area (TPSA) is 89.8 Å². The minimum Gasteiger partial charge on any atom is -0.422 e. The van der Waals surface area contributed by atoms with Gasteiger partial charge in [0.2, 0.25) is 0 Å². The van der Waals surface area contributed by atoms with E-state index in [1.165, 1.54) is 11.0 Å². The Balaban J connectivity index is 2.39. The van der Waals surface area contributed by atoms with E-state index in [1.54, 1.807) is 25.2 Å². The van der Waals surface area contributed by atoms with Crippen LogP contribution in [-0.2, 0) is 7.05 Å². The maximum Gasteiger partial charge on any atom is 0.341 e. The molecule has 6 nitrogen and oxygen atoms in total. The van der Waals surface area contributed by atoms with Crippen molar-refractivity contribution in [3.8, 4) is 11.8 Å². The molecule has 0 aliphatic rings. The quantitative estimate of drug-likeness (QED) is 0.640. The number of nitrogens with one attached hydrogen (secondary N) is 1. The molecule has 3 N–H and O–H groups in total. The number of aromatic nitrogens is 3. The summed E-state index contributed by atoms with van der Waals surface area (Å²) in [6.07, 6.45) is 1.51. The van der Waals surface area contributed by atoms with Crippen LogP contribution in [0.5, 0.6) is 11.8 Å². The van der Waals surface area contributed by atoms with Gasteiger partial charge in [0, 0.05) is 7.05 Å². The molecule has 0 unspecified atom stereocenters. The van der Waals surface area contributed by atoms with Gasteiger partial charge in [0.15, 0.2) is 0 Å². The molecule has 0 spiro atoms. The van der Waals surface area contributed by atoms with Gasteiger partial charge in [0.25, 0.3) is 0 Å². The molecule has 0 amide bonds. The summed E-state index contributed by atoms with van der Waals surface area (Å²) in [6.45, 7) is 0. The Kier molecular flexibility index (Phi) is 2.97. The molecule has 88 valence electrons. The van der Waals surface area contributed by atoms with Gasteiger partial charge in [-0.3, -0.25) is 10.1 Å². The number of amidine groups is 1. The number of ether oxygens (including phenoxy) is 1. The first-order chi connectivity index (χ1) is 8.08. The molecule has 0 radical (unpaired) electrons. The average Bonchev–Trinajstić information content (AvgIpc) is 2.63. The first kappa shape index (κ1) is 11.4. The maximum absolute atomic E-state index is 7.46. The second kappa shape index (κ2) is 4.42. The van der Waals surface area contributed by atoms with Crippen LogP contribution in [0, 0.1) is 5.41 Å². The van der Waals surface area contributed by atoms with Crippen LogP contribution in [-0.4, -0.2) is 20.6 Å². The van der Waals surface area contributed by atoms with Crippen LogP contribution in [0.1, 0.15) is 5.56 Å². The van der Waals surface area contributed by atoms with E-state index in [9.17, 15) is 0 Å². The highest BCUT2D eigenvalue weighted by Crippen LogP contribution is 2.28. The molecular weight excluding hydrogens is 242 g/mol. The molecule has 0 saturated carbocycles. The Morgan fingerprint density at radius 2 is 2.29 bits per heavy atom. The monoisotopic (exact) mass is 251 g/mol. The summed E-state index contributed by atoms with van der Waals surface area (Å²) in [4.78, 5) is 3.92. The summed E-state index contributed by atoms with van der Waals surface area (Å²) in [5.41, 5.74) is 5.78. The van der Waals surface area contributed by atoms with Crippen LogP contribution in [0.4, 0.5) is 0 Å². The number of nitrogens with zero attached hydrogens (tertiary/aromatic N) is 3. The van der Waals surface area contributed by atoms with Gasteiger partial charge in [-0.2, -0.15) is 4.98 Å². The normalized spacial score (nSPS) is 10.2. The fourth-order valence-electron chi connectivity index (χ4n) is 1.32. The summed E-state index contributed by atoms with van der Waals surface area (Å²) in [5.74, 6) is 0.192. The highest BCUT2D eigenvalue weighted by Gasteiger charge is 2.13. The van der Waals surface area contributed by atoms with E-state index in [0.29, 0.717) is 16.3 Å². The summed E-state index contributed by atoms with van der Waals surface area (Å²) in [5, 5.41) is 11.8. The molecule has 17 heavy (non-hydrogen) atoms. The van der Waals surface area contributed by atoms with Crippen molar-refractivity contribution in [2.45, 2.75) is 0 Å². The fraction of sp³-hybridized carbons (Fsp3) is 0.100. The van der Waals surface area contributed by atoms with Gasteiger partial charge in [-0.15, -0.1) is 5.10 Å². The highest BCUT2D eigenvalue weighted by molar-refractivity contribution is 6.34. The van der Waals surface area contributed by atoms with E-state index in [-0.39, 0.29) is 11.8 Å². The van der Waals surface area contributed by atoms with E-state index in [0.717, 1.165) is 0 Å². The second-order valence-electron chi connectivity index (χ2n) is 3.33. The smallest absolute Gasteiger partial charge is 0.341 e. The SMILES string of the molecule is Cn1cnc(Oc2cccc(Cl)c2C(=N)N)n1. The van der Waals surface area contributed by atoms with E-state index < -0.39 is 0 Å². The van der Waals surface area contributed by atoms with Gasteiger partial charge in [-0.05, 0) is 12.1 Å². The summed E-state index contributed by atoms with van der Waals surface area (Å²) < 4.78 is 6.93. The van der Waals surface area contributed by atoms with E-state index >= 15 is 0 Å². The van der Waals surface area contributed by atoms with Crippen LogP contribution >= 0.6 is 11.6 Å². The average molecular weight is 252 g/mol. The molecule has 1 heterocycles. The zero-order chi connectivity index (χ0) is 12.4. The third-order valence-electron chi connectivity index (χ3n) is 2.02. The highest BCUT2D eigenvalue weighted by atomic mass is 35.5. The van der Waals surface area contributed by atoms with Crippen molar-refractivity contribution in [3.05, 3.63) is 35.1 Å². The minimum absolute atomic E-state index is 0.165. The standard InChI is InChI=1S/C10H10ClN5O/c1-16-5-14-10(15-16)17-7-4-2-3-6(11)8(7)9(12)13/h2-5H,1H3,(H3,12,13). The summed E-state index contributed by atoms with van der Waals surface area (Å²) in [6, 6.07) is 5.17. The van der Waals surface area contributed by atoms with Crippen LogP contribution in [0.2, 0.25) is 5.02 Å². The number of hydrogen-bond acceptors (Lipinski definition) is 4. The third-order valence-corrected chi connectivity index (χ3v) is 2.34. The van der Waals surface area contributed by atoms with E-state index in [1.807, 2.05) is 0 Å². The number of rotatable bonds is 3. The Labute approximate surface area is 102 Å². The number of benzene rings is 1. The van der Waals surface area contributed by atoms with Crippen LogP contribution in [0.3, 0.4) is 0 Å². The zero-order valence-electron chi connectivity index (χ0n) is 9.01. The molecule has 0 aliphatic carbocycles. The van der Waals surface area contributed by atoms with Crippen molar-refractivity contribution >= 4 is 17.4 Å². The Hall–Kier alpha value is -2.08. The van der Waals surface area contributed by atoms with Gasteiger partial charge in [-0.1, -0.05) is 17.7 Å². The molecule has 7 heteroatoms. The first-order valence-electron chi connectivity index (χ1n) is 4.74. The fourth-order valence-corrected chi connectivity index (χ4v) is 1.58. The molecule has 0 aliphatic heterocycles. The third kappa shape index (κ3) is 2.36. The van der Waals surface area contributed by atoms with Gasteiger partial charge in [-0.25, -0.2) is 0 Å². The lowest BCUT2D eigenvalue weighted by Gasteiger charge is -2.08. The van der Waals surface area contributed by atoms with E-state index in [4.69, 9.17) is 27.5 Å². The maximum atomic E-state index is 7.46. The Morgan fingerprint density at radius 1 is 1.53 bits per heavy atom. The van der Waals surface area contributed by atoms with Crippen molar-refractivity contribution in [1.82, 2.24) is 14.8 Å². The number of halogens is 1. The van der Waals surface area contributed by atoms with Crippen LogP contribution in [0.15, 0.2) is 24.5 Å². The van der Waals surface area contributed by atoms with Gasteiger partial charge >= 0.3 is 6.01 Å². The van der Waals surface area contributed by atoms with Gasteiger partial charge in [0.1, 0.15) is 17.9 Å². The lowest BCUT2D eigenvalue weighted by Crippen LogP contribution is -2.13. The van der Waals surface area contributed by atoms with Crippen molar-refractivity contribution in [1.29, 1.82) is 5.41 Å². The molecular formula is C10H10ClN5O. The number of nitrogen functional groups attached to an aromatic ring is 1. The predicted octanol–water partition coefficient (Wildman–Crippen LogP) is 1.54. The zero-order valence-corrected chi connectivity index (χ0v) is 9.77. The molecule has 2 rings (SSSR count). The molecule has 2 aromatic rings. The molecule has 0 atom stereocenters. The molecule has 1 aromatic heterocycles. The van der Waals surface area contributed by atoms with E-state index in [2.05, 4.69) is 10.1 Å². The molecule has 0 bridgehead atoms. The number of nitrogens with two attached hydrogens (primary N) is 1. The molecule has 1 aromatic carbocycles. The lowest BCUT2D eigenvalue weighted by atomic mass is 10.2. The van der Waals surface area contributed by atoms with Gasteiger partial charge in [0.05, 0.1) is 10.6 Å². The van der Waals surface area contributed by atoms with Crippen LogP contribution < -0.4 is 10.5 Å². The predicted molar refractivity (Wildman–Crippen MR) is 63.5 cm³/mol. The van der Waals surface area contributed by atoms with Crippen molar-refractivity contribution in [2.75, 3.05) is 0 Å². The Morgan fingerprint density at radius 3 is 2.88 bits per heavy atom. The van der Waals surface area contributed by atoms with Crippen molar-refractivity contribution < 1.29 is 4.74 Å².